The van der Waals surface area contributed by atoms with Crippen molar-refractivity contribution in [1.29, 1.82) is 0 Å². The number of amides is 2. The molecule has 0 radical (unpaired) electrons. The first-order valence-corrected chi connectivity index (χ1v) is 6.16. The number of nitrogens with zero attached hydrogens (tertiary/aromatic N) is 2. The molecule has 2 spiro atoms. The summed E-state index contributed by atoms with van der Waals surface area (Å²) >= 11 is 0. The number of nitrogens with one attached hydrogen (secondary N) is 2. The summed E-state index contributed by atoms with van der Waals surface area (Å²) in [6, 6.07) is 0.273. The highest BCUT2D eigenvalue weighted by Gasteiger charge is 2.54. The Labute approximate surface area is 95.1 Å². The quantitative estimate of drug-likeness (QED) is 0.548. The molecular weight excluding hydrogens is 204 g/mol. The third-order valence-corrected chi connectivity index (χ3v) is 4.65. The molecule has 0 aromatic heterocycles. The second-order valence-corrected chi connectivity index (χ2v) is 6.20. The Morgan fingerprint density at radius 3 is 1.44 bits per heavy atom. The van der Waals surface area contributed by atoms with Gasteiger partial charge >= 0.3 is 6.03 Å². The van der Waals surface area contributed by atoms with Crippen molar-refractivity contribution in [3.8, 4) is 0 Å². The van der Waals surface area contributed by atoms with E-state index in [9.17, 15) is 4.79 Å². The summed E-state index contributed by atoms with van der Waals surface area (Å²) in [5.41, 5.74) is 0.909. The molecule has 5 nitrogen and oxygen atoms in total. The van der Waals surface area contributed by atoms with Crippen LogP contribution in [0.2, 0.25) is 0 Å². The molecule has 4 fully saturated rings. The van der Waals surface area contributed by atoms with Crippen molar-refractivity contribution in [3.05, 3.63) is 0 Å². The highest BCUT2D eigenvalue weighted by molar-refractivity contribution is 5.77. The van der Waals surface area contributed by atoms with Crippen LogP contribution in [0.25, 0.3) is 0 Å². The molecular formula is C11H18N4O. The van der Waals surface area contributed by atoms with Crippen LogP contribution >= 0.6 is 0 Å². The standard InChI is InChI=1S/C11H18N4O/c16-9(14-5-10(6-14)1-12-2-10)15-7-11(8-15)3-13-4-11/h12-13H,1-8H2. The lowest BCUT2D eigenvalue weighted by molar-refractivity contribution is -0.0591. The molecule has 16 heavy (non-hydrogen) atoms. The maximum atomic E-state index is 12.1. The molecule has 4 aliphatic rings. The minimum atomic E-state index is 0.273. The molecule has 5 heteroatoms. The number of carbonyl (C=O) groups excluding carboxylic acids is 1. The van der Waals surface area contributed by atoms with Gasteiger partial charge in [0.15, 0.2) is 0 Å². The summed E-state index contributed by atoms with van der Waals surface area (Å²) in [5.74, 6) is 0. The summed E-state index contributed by atoms with van der Waals surface area (Å²) in [6.07, 6.45) is 0. The van der Waals surface area contributed by atoms with Gasteiger partial charge in [0, 0.05) is 63.2 Å². The van der Waals surface area contributed by atoms with Gasteiger partial charge in [0.25, 0.3) is 0 Å². The molecule has 2 N–H and O–H groups in total. The third kappa shape index (κ3) is 1.05. The van der Waals surface area contributed by atoms with E-state index in [1.165, 1.54) is 0 Å². The fraction of sp³-hybridized carbons (Fsp3) is 0.909. The second-order valence-electron chi connectivity index (χ2n) is 6.20. The molecule has 4 aliphatic heterocycles. The van der Waals surface area contributed by atoms with Crippen LogP contribution in [0.4, 0.5) is 4.79 Å². The first-order valence-electron chi connectivity index (χ1n) is 6.16. The summed E-state index contributed by atoms with van der Waals surface area (Å²) in [7, 11) is 0. The van der Waals surface area contributed by atoms with Gasteiger partial charge in [-0.2, -0.15) is 0 Å². The molecule has 2 amide bonds. The molecule has 0 bridgehead atoms. The molecule has 0 aromatic rings. The zero-order valence-corrected chi connectivity index (χ0v) is 9.46. The van der Waals surface area contributed by atoms with Gasteiger partial charge in [-0.3, -0.25) is 0 Å². The van der Waals surface area contributed by atoms with E-state index in [2.05, 4.69) is 10.6 Å². The summed E-state index contributed by atoms with van der Waals surface area (Å²) in [4.78, 5) is 16.1. The predicted octanol–water partition coefficient (Wildman–Crippen LogP) is -1.08. The number of carbonyl (C=O) groups is 1. The van der Waals surface area contributed by atoms with Gasteiger partial charge in [-0.1, -0.05) is 0 Å². The number of hydrogen-bond acceptors (Lipinski definition) is 3. The highest BCUT2D eigenvalue weighted by atomic mass is 16.2. The van der Waals surface area contributed by atoms with Gasteiger partial charge in [-0.15, -0.1) is 0 Å². The number of hydrogen-bond donors (Lipinski definition) is 2. The Bertz CT molecular complexity index is 300. The van der Waals surface area contributed by atoms with E-state index in [1.807, 2.05) is 9.80 Å². The van der Waals surface area contributed by atoms with Gasteiger partial charge in [0.05, 0.1) is 0 Å². The fourth-order valence-electron chi connectivity index (χ4n) is 3.40. The van der Waals surface area contributed by atoms with E-state index in [4.69, 9.17) is 0 Å². The van der Waals surface area contributed by atoms with Gasteiger partial charge < -0.3 is 20.4 Å². The first-order chi connectivity index (χ1) is 7.71. The molecule has 0 aromatic carbocycles. The van der Waals surface area contributed by atoms with E-state index in [0.29, 0.717) is 10.8 Å². The van der Waals surface area contributed by atoms with E-state index in [0.717, 1.165) is 52.4 Å². The van der Waals surface area contributed by atoms with E-state index < -0.39 is 0 Å². The van der Waals surface area contributed by atoms with Crippen molar-refractivity contribution in [2.24, 2.45) is 10.8 Å². The average molecular weight is 222 g/mol. The van der Waals surface area contributed by atoms with Gasteiger partial charge in [-0.05, 0) is 0 Å². The SMILES string of the molecule is O=C(N1CC2(CNC2)C1)N1CC2(CNC2)C1. The number of rotatable bonds is 0. The van der Waals surface area contributed by atoms with Crippen LogP contribution in [-0.2, 0) is 0 Å². The largest absolute Gasteiger partial charge is 0.323 e. The zero-order chi connectivity index (χ0) is 10.8. The predicted molar refractivity (Wildman–Crippen MR) is 59.1 cm³/mol. The molecule has 0 aliphatic carbocycles. The lowest BCUT2D eigenvalue weighted by Gasteiger charge is -2.60. The van der Waals surface area contributed by atoms with Crippen molar-refractivity contribution >= 4 is 6.03 Å². The maximum Gasteiger partial charge on any atom is 0.320 e. The highest BCUT2D eigenvalue weighted by Crippen LogP contribution is 2.38. The van der Waals surface area contributed by atoms with Crippen LogP contribution in [0.5, 0.6) is 0 Å². The lowest BCUT2D eigenvalue weighted by Crippen LogP contribution is -2.77. The smallest absolute Gasteiger partial charge is 0.320 e. The van der Waals surface area contributed by atoms with Gasteiger partial charge in [0.1, 0.15) is 0 Å². The second kappa shape index (κ2) is 2.71. The van der Waals surface area contributed by atoms with Crippen LogP contribution in [0, 0.1) is 10.8 Å². The molecule has 0 atom stereocenters. The van der Waals surface area contributed by atoms with Crippen LogP contribution in [-0.4, -0.2) is 68.2 Å². The van der Waals surface area contributed by atoms with Crippen molar-refractivity contribution in [2.45, 2.75) is 0 Å². The molecule has 88 valence electrons. The molecule has 4 heterocycles. The minimum Gasteiger partial charge on any atom is -0.323 e. The topological polar surface area (TPSA) is 47.6 Å². The Kier molecular flexibility index (Phi) is 1.56. The van der Waals surface area contributed by atoms with Gasteiger partial charge in [0.2, 0.25) is 0 Å². The summed E-state index contributed by atoms with van der Waals surface area (Å²) < 4.78 is 0. The van der Waals surface area contributed by atoms with Crippen LogP contribution in [0.1, 0.15) is 0 Å². The van der Waals surface area contributed by atoms with E-state index in [-0.39, 0.29) is 6.03 Å². The van der Waals surface area contributed by atoms with Crippen LogP contribution in [0.3, 0.4) is 0 Å². The van der Waals surface area contributed by atoms with E-state index >= 15 is 0 Å². The van der Waals surface area contributed by atoms with Crippen molar-refractivity contribution in [1.82, 2.24) is 20.4 Å². The Hall–Kier alpha value is -0.810. The molecule has 0 unspecified atom stereocenters. The number of urea groups is 1. The summed E-state index contributed by atoms with van der Waals surface area (Å²) in [6.45, 7) is 8.30. The lowest BCUT2D eigenvalue weighted by atomic mass is 9.73. The van der Waals surface area contributed by atoms with Gasteiger partial charge in [-0.25, -0.2) is 4.79 Å². The van der Waals surface area contributed by atoms with Crippen molar-refractivity contribution < 1.29 is 4.79 Å². The first kappa shape index (κ1) is 9.24. The average Bonchev–Trinajstić information content (AvgIpc) is 1.92. The molecule has 0 saturated carbocycles. The normalized spacial score (nSPS) is 32.8. The van der Waals surface area contributed by atoms with Crippen molar-refractivity contribution in [2.75, 3.05) is 52.4 Å². The monoisotopic (exact) mass is 222 g/mol. The molecule has 4 rings (SSSR count). The third-order valence-electron chi connectivity index (χ3n) is 4.65. The number of likely N-dealkylation sites (tertiary alicyclic amines) is 2. The zero-order valence-electron chi connectivity index (χ0n) is 9.46. The Balaban J connectivity index is 1.31. The van der Waals surface area contributed by atoms with Crippen LogP contribution < -0.4 is 10.6 Å². The minimum absolute atomic E-state index is 0.273. The maximum absolute atomic E-state index is 12.1. The van der Waals surface area contributed by atoms with Crippen LogP contribution in [0.15, 0.2) is 0 Å². The Morgan fingerprint density at radius 1 is 0.812 bits per heavy atom. The summed E-state index contributed by atoms with van der Waals surface area (Å²) in [5, 5.41) is 6.58. The Morgan fingerprint density at radius 2 is 1.19 bits per heavy atom. The fourth-order valence-corrected chi connectivity index (χ4v) is 3.40. The van der Waals surface area contributed by atoms with Crippen molar-refractivity contribution in [3.63, 3.8) is 0 Å². The van der Waals surface area contributed by atoms with E-state index in [1.54, 1.807) is 0 Å². The molecule has 4 saturated heterocycles.